The molecule has 82 valence electrons. The van der Waals surface area contributed by atoms with Gasteiger partial charge in [-0.3, -0.25) is 10.1 Å². The number of aliphatic hydroxyl groups is 1. The van der Waals surface area contributed by atoms with Gasteiger partial charge in [-0.15, -0.1) is 0 Å². The second kappa shape index (κ2) is 3.85. The molecule has 1 aromatic carbocycles. The molecule has 0 atom stereocenters. The van der Waals surface area contributed by atoms with E-state index in [0.717, 1.165) is 6.07 Å². The van der Waals surface area contributed by atoms with E-state index in [-0.39, 0.29) is 0 Å². The molecule has 0 radical (unpaired) electrons. The van der Waals surface area contributed by atoms with E-state index in [4.69, 9.17) is 5.11 Å². The number of nitrogens with zero attached hydrogens (tertiary/aromatic N) is 1. The normalized spacial score (nSPS) is 11.5. The minimum atomic E-state index is -3.82. The number of nitro benzene ring substituents is 1. The molecule has 0 aliphatic carbocycles. The van der Waals surface area contributed by atoms with Crippen molar-refractivity contribution in [2.45, 2.75) is 5.92 Å². The summed E-state index contributed by atoms with van der Waals surface area (Å²) in [4.78, 5) is 9.34. The van der Waals surface area contributed by atoms with Gasteiger partial charge >= 0.3 is 0 Å². The number of nitro groups is 1. The van der Waals surface area contributed by atoms with E-state index in [2.05, 4.69) is 0 Å². The lowest BCUT2D eigenvalue weighted by Crippen LogP contribution is -2.20. The van der Waals surface area contributed by atoms with E-state index >= 15 is 0 Å². The van der Waals surface area contributed by atoms with Crippen molar-refractivity contribution < 1.29 is 23.2 Å². The van der Waals surface area contributed by atoms with Gasteiger partial charge in [-0.25, -0.2) is 4.39 Å². The molecule has 0 saturated carbocycles. The van der Waals surface area contributed by atoms with Crippen LogP contribution < -0.4 is 0 Å². The van der Waals surface area contributed by atoms with Gasteiger partial charge in [-0.2, -0.15) is 8.78 Å². The number of hydrogen-bond acceptors (Lipinski definition) is 3. The third-order valence-corrected chi connectivity index (χ3v) is 1.75. The van der Waals surface area contributed by atoms with Gasteiger partial charge in [0, 0.05) is 12.1 Å². The maximum Gasteiger partial charge on any atom is 0.298 e. The zero-order valence-corrected chi connectivity index (χ0v) is 7.28. The van der Waals surface area contributed by atoms with Crippen LogP contribution in [0.3, 0.4) is 0 Å². The van der Waals surface area contributed by atoms with Gasteiger partial charge < -0.3 is 5.11 Å². The fourth-order valence-electron chi connectivity index (χ4n) is 0.992. The number of aliphatic hydroxyl groups excluding tert-OH is 1. The van der Waals surface area contributed by atoms with Gasteiger partial charge in [-0.1, -0.05) is 0 Å². The smallest absolute Gasteiger partial charge is 0.298 e. The number of benzene rings is 1. The summed E-state index contributed by atoms with van der Waals surface area (Å²) in [5.41, 5.74) is -1.83. The first-order valence-corrected chi connectivity index (χ1v) is 3.81. The van der Waals surface area contributed by atoms with Gasteiger partial charge in [0.05, 0.1) is 10.5 Å². The van der Waals surface area contributed by atoms with E-state index in [0.29, 0.717) is 12.1 Å². The third-order valence-electron chi connectivity index (χ3n) is 1.75. The molecule has 0 aromatic heterocycles. The summed E-state index contributed by atoms with van der Waals surface area (Å²) in [5, 5.41) is 18.6. The Hall–Kier alpha value is -1.63. The van der Waals surface area contributed by atoms with Gasteiger partial charge in [0.25, 0.3) is 11.6 Å². The minimum Gasteiger partial charge on any atom is -0.390 e. The highest BCUT2D eigenvalue weighted by Gasteiger charge is 2.35. The first kappa shape index (κ1) is 11.4. The fourth-order valence-corrected chi connectivity index (χ4v) is 0.992. The maximum atomic E-state index is 12.9. The Morgan fingerprint density at radius 1 is 1.47 bits per heavy atom. The van der Waals surface area contributed by atoms with Crippen molar-refractivity contribution >= 4 is 5.69 Å². The Kier molecular flexibility index (Phi) is 2.94. The van der Waals surface area contributed by atoms with Crippen LogP contribution in [0.25, 0.3) is 0 Å². The Morgan fingerprint density at radius 2 is 2.07 bits per heavy atom. The Bertz CT molecular complexity index is 395. The molecular weight excluding hydrogens is 215 g/mol. The van der Waals surface area contributed by atoms with E-state index in [1.165, 1.54) is 0 Å². The Labute approximate surface area is 82.1 Å². The maximum absolute atomic E-state index is 12.9. The van der Waals surface area contributed by atoms with Crippen molar-refractivity contribution in [1.29, 1.82) is 0 Å². The van der Waals surface area contributed by atoms with Crippen molar-refractivity contribution in [2.75, 3.05) is 6.61 Å². The highest BCUT2D eigenvalue weighted by molar-refractivity contribution is 5.37. The number of alkyl halides is 2. The first-order chi connectivity index (χ1) is 6.88. The molecule has 0 saturated heterocycles. The van der Waals surface area contributed by atoms with Crippen LogP contribution in [0.1, 0.15) is 5.56 Å². The summed E-state index contributed by atoms with van der Waals surface area (Å²) in [5.74, 6) is -5.12. The molecule has 0 amide bonds. The fraction of sp³-hybridized carbons (Fsp3) is 0.250. The topological polar surface area (TPSA) is 63.4 Å². The standard InChI is InChI=1S/C8H6F3NO3/c9-7-2-1-5(12(14)15)3-6(7)8(10,11)4-13/h1-3,13H,4H2. The van der Waals surface area contributed by atoms with E-state index in [1.807, 2.05) is 0 Å². The average molecular weight is 221 g/mol. The van der Waals surface area contributed by atoms with Crippen molar-refractivity contribution in [3.8, 4) is 0 Å². The van der Waals surface area contributed by atoms with Crippen molar-refractivity contribution in [3.63, 3.8) is 0 Å². The monoisotopic (exact) mass is 221 g/mol. The van der Waals surface area contributed by atoms with Crippen LogP contribution in [0.5, 0.6) is 0 Å². The van der Waals surface area contributed by atoms with E-state index < -0.39 is 34.5 Å². The lowest BCUT2D eigenvalue weighted by molar-refractivity contribution is -0.385. The Balaban J connectivity index is 3.28. The number of non-ortho nitro benzene ring substituents is 1. The van der Waals surface area contributed by atoms with Crippen LogP contribution in [0, 0.1) is 15.9 Å². The molecular formula is C8H6F3NO3. The average Bonchev–Trinajstić information content (AvgIpc) is 2.17. The SMILES string of the molecule is O=[N+]([O-])c1ccc(F)c(C(F)(F)CO)c1. The van der Waals surface area contributed by atoms with E-state index in [1.54, 1.807) is 0 Å². The van der Waals surface area contributed by atoms with Crippen LogP contribution in [-0.2, 0) is 5.92 Å². The predicted octanol–water partition coefficient (Wildman–Crippen LogP) is 1.82. The molecule has 7 heteroatoms. The molecule has 0 aliphatic rings. The second-order valence-corrected chi connectivity index (χ2v) is 2.78. The van der Waals surface area contributed by atoms with Crippen LogP contribution in [0.15, 0.2) is 18.2 Å². The minimum absolute atomic E-state index is 0.408. The molecule has 1 aromatic rings. The molecule has 0 spiro atoms. The summed E-state index contributed by atoms with van der Waals surface area (Å²) in [6.07, 6.45) is 0. The third kappa shape index (κ3) is 2.24. The van der Waals surface area contributed by atoms with Crippen molar-refractivity contribution in [1.82, 2.24) is 0 Å². The molecule has 1 rings (SSSR count). The molecule has 0 unspecified atom stereocenters. The molecule has 0 fully saturated rings. The summed E-state index contributed by atoms with van der Waals surface area (Å²) in [6.45, 7) is -1.61. The van der Waals surface area contributed by atoms with Crippen LogP contribution in [0.4, 0.5) is 18.9 Å². The molecule has 0 bridgehead atoms. The first-order valence-electron chi connectivity index (χ1n) is 3.81. The Morgan fingerprint density at radius 3 is 2.53 bits per heavy atom. The summed E-state index contributed by atoms with van der Waals surface area (Å²) in [7, 11) is 0. The van der Waals surface area contributed by atoms with Crippen molar-refractivity contribution in [2.24, 2.45) is 0 Å². The summed E-state index contributed by atoms with van der Waals surface area (Å²) >= 11 is 0. The van der Waals surface area contributed by atoms with Gasteiger partial charge in [-0.05, 0) is 6.07 Å². The zero-order valence-electron chi connectivity index (χ0n) is 7.28. The largest absolute Gasteiger partial charge is 0.390 e. The number of halogens is 3. The highest BCUT2D eigenvalue weighted by atomic mass is 19.3. The van der Waals surface area contributed by atoms with E-state index in [9.17, 15) is 23.3 Å². The van der Waals surface area contributed by atoms with Crippen molar-refractivity contribution in [3.05, 3.63) is 39.7 Å². The number of rotatable bonds is 3. The van der Waals surface area contributed by atoms with Gasteiger partial charge in [0.2, 0.25) is 0 Å². The van der Waals surface area contributed by atoms with Gasteiger partial charge in [0.1, 0.15) is 12.4 Å². The molecule has 4 nitrogen and oxygen atoms in total. The quantitative estimate of drug-likeness (QED) is 0.625. The highest BCUT2D eigenvalue weighted by Crippen LogP contribution is 2.31. The van der Waals surface area contributed by atoms with Gasteiger partial charge in [0.15, 0.2) is 0 Å². The second-order valence-electron chi connectivity index (χ2n) is 2.78. The molecule has 0 aliphatic heterocycles. The zero-order chi connectivity index (χ0) is 11.6. The van der Waals surface area contributed by atoms with Crippen LogP contribution in [-0.4, -0.2) is 16.6 Å². The van der Waals surface area contributed by atoms with Crippen LogP contribution >= 0.6 is 0 Å². The summed E-state index contributed by atoms with van der Waals surface area (Å²) < 4.78 is 38.7. The molecule has 1 N–H and O–H groups in total. The lowest BCUT2D eigenvalue weighted by Gasteiger charge is -2.13. The van der Waals surface area contributed by atoms with Crippen LogP contribution in [0.2, 0.25) is 0 Å². The summed E-state index contributed by atoms with van der Waals surface area (Å²) in [6, 6.07) is 1.74. The lowest BCUT2D eigenvalue weighted by atomic mass is 10.1. The predicted molar refractivity (Wildman–Crippen MR) is 44.0 cm³/mol. The molecule has 0 heterocycles. The molecule has 15 heavy (non-hydrogen) atoms. The number of hydrogen-bond donors (Lipinski definition) is 1.